The number of ether oxygens (including phenoxy) is 3. The van der Waals surface area contributed by atoms with Gasteiger partial charge in [0.15, 0.2) is 0 Å². The molecule has 4 N–H and O–H groups in total. The van der Waals surface area contributed by atoms with Gasteiger partial charge in [-0.15, -0.1) is 6.58 Å². The summed E-state index contributed by atoms with van der Waals surface area (Å²) in [4.78, 5) is 73.8. The zero-order valence-corrected chi connectivity index (χ0v) is 33.6. The second-order valence-electron chi connectivity index (χ2n) is 15.6. The standard InChI is InChI=1S/C41H48N6O10S/c1-7-25-21-41(25,38(51)46-58(53,54)28-15-16-28)45-36(49)33-19-27(23-47(33)37(50)32(22-42-35(48)8-2)44-39(52)57-40(3,4)5)56-34-20-30(24-12-10-9-11-13-24)43-31-18-26(55-6)14-17-29(31)34/h7-14,17-18,20,25,27-28,32-33H,1-2,15-16,19,21-23H2,3-6H3,(H,42,48)(H,44,52)(H,45,49)(H,46,51)/t25-,27-,32+,33+,41-/m1/s1. The number of aromatic nitrogens is 1. The molecule has 2 aliphatic carbocycles. The van der Waals surface area contributed by atoms with Crippen LogP contribution in [0.4, 0.5) is 4.79 Å². The molecule has 2 aromatic carbocycles. The summed E-state index contributed by atoms with van der Waals surface area (Å²) >= 11 is 0. The maximum atomic E-state index is 14.5. The number of amides is 5. The molecule has 1 saturated heterocycles. The number of nitrogens with one attached hydrogen (secondary N) is 4. The molecule has 308 valence electrons. The van der Waals surface area contributed by atoms with Gasteiger partial charge in [-0.1, -0.05) is 43.0 Å². The molecular formula is C41H48N6O10S. The predicted octanol–water partition coefficient (Wildman–Crippen LogP) is 3.12. The number of methoxy groups -OCH3 is 1. The highest BCUT2D eigenvalue weighted by atomic mass is 32.2. The molecule has 2 heterocycles. The van der Waals surface area contributed by atoms with E-state index in [1.165, 1.54) is 11.0 Å². The Balaban J connectivity index is 1.34. The van der Waals surface area contributed by atoms with Gasteiger partial charge in [0, 0.05) is 42.0 Å². The van der Waals surface area contributed by atoms with Gasteiger partial charge in [-0.2, -0.15) is 0 Å². The van der Waals surface area contributed by atoms with Crippen LogP contribution >= 0.6 is 0 Å². The van der Waals surface area contributed by atoms with Crippen LogP contribution in [0.3, 0.4) is 0 Å². The molecule has 1 aromatic heterocycles. The molecule has 3 aromatic rings. The molecule has 3 fully saturated rings. The molecular weight excluding hydrogens is 769 g/mol. The molecule has 5 amide bonds. The minimum atomic E-state index is -3.96. The van der Waals surface area contributed by atoms with Crippen LogP contribution in [0.2, 0.25) is 0 Å². The van der Waals surface area contributed by atoms with E-state index in [-0.39, 0.29) is 25.9 Å². The summed E-state index contributed by atoms with van der Waals surface area (Å²) in [5, 5.41) is 7.72. The van der Waals surface area contributed by atoms with Gasteiger partial charge in [-0.05, 0) is 58.2 Å². The zero-order chi connectivity index (χ0) is 42.0. The van der Waals surface area contributed by atoms with Crippen molar-refractivity contribution in [2.75, 3.05) is 20.2 Å². The number of sulfonamides is 1. The minimum Gasteiger partial charge on any atom is -0.497 e. The molecule has 0 unspecified atom stereocenters. The van der Waals surface area contributed by atoms with Gasteiger partial charge in [0.2, 0.25) is 27.7 Å². The Morgan fingerprint density at radius 2 is 1.78 bits per heavy atom. The SMILES string of the molecule is C=CC(=O)NC[C@H](NC(=O)OC(C)(C)C)C(=O)N1C[C@H](Oc2cc(-c3ccccc3)nc3cc(OC)ccc23)C[C@H]1C(=O)N[C@]1(C(=O)NS(=O)(=O)C2CC2)C[C@H]1C=C. The van der Waals surface area contributed by atoms with E-state index in [1.807, 2.05) is 30.3 Å². The first-order chi connectivity index (χ1) is 27.5. The van der Waals surface area contributed by atoms with Crippen LogP contribution in [-0.2, 0) is 33.9 Å². The number of pyridine rings is 1. The van der Waals surface area contributed by atoms with Crippen molar-refractivity contribution in [1.82, 2.24) is 30.6 Å². The zero-order valence-electron chi connectivity index (χ0n) is 32.8. The smallest absolute Gasteiger partial charge is 0.408 e. The molecule has 5 atom stereocenters. The highest BCUT2D eigenvalue weighted by Crippen LogP contribution is 2.45. The number of hydrogen-bond acceptors (Lipinski definition) is 11. The molecule has 0 radical (unpaired) electrons. The first-order valence-corrected chi connectivity index (χ1v) is 20.4. The van der Waals surface area contributed by atoms with Gasteiger partial charge in [0.25, 0.3) is 5.91 Å². The first-order valence-electron chi connectivity index (χ1n) is 18.9. The van der Waals surface area contributed by atoms with Gasteiger partial charge in [0.1, 0.15) is 40.8 Å². The first kappa shape index (κ1) is 41.7. The van der Waals surface area contributed by atoms with E-state index in [1.54, 1.807) is 52.1 Å². The van der Waals surface area contributed by atoms with Crippen molar-refractivity contribution in [2.24, 2.45) is 5.92 Å². The Morgan fingerprint density at radius 3 is 2.40 bits per heavy atom. The third kappa shape index (κ3) is 9.41. The fraction of sp³-hybridized carbons (Fsp3) is 0.415. The molecule has 6 rings (SSSR count). The molecule has 0 spiro atoms. The minimum absolute atomic E-state index is 0.0762. The number of hydrogen-bond donors (Lipinski definition) is 4. The van der Waals surface area contributed by atoms with E-state index in [0.717, 1.165) is 11.6 Å². The fourth-order valence-electron chi connectivity index (χ4n) is 6.86. The van der Waals surface area contributed by atoms with Crippen molar-refractivity contribution in [3.63, 3.8) is 0 Å². The maximum Gasteiger partial charge on any atom is 0.408 e. The highest BCUT2D eigenvalue weighted by Gasteiger charge is 2.62. The summed E-state index contributed by atoms with van der Waals surface area (Å²) < 4.78 is 45.2. The average molecular weight is 817 g/mol. The van der Waals surface area contributed by atoms with Gasteiger partial charge in [0.05, 0.1) is 30.1 Å². The van der Waals surface area contributed by atoms with Gasteiger partial charge in [-0.25, -0.2) is 18.2 Å². The van der Waals surface area contributed by atoms with Crippen molar-refractivity contribution >= 4 is 50.6 Å². The lowest BCUT2D eigenvalue weighted by Gasteiger charge is -2.30. The molecule has 17 heteroatoms. The average Bonchev–Trinajstić information content (AvgIpc) is 4.12. The van der Waals surface area contributed by atoms with E-state index in [0.29, 0.717) is 40.9 Å². The Hall–Kier alpha value is -5.97. The van der Waals surface area contributed by atoms with E-state index >= 15 is 0 Å². The Morgan fingerprint density at radius 1 is 1.05 bits per heavy atom. The lowest BCUT2D eigenvalue weighted by molar-refractivity contribution is -0.141. The predicted molar refractivity (Wildman–Crippen MR) is 214 cm³/mol. The summed E-state index contributed by atoms with van der Waals surface area (Å²) in [5.74, 6) is -2.65. The van der Waals surface area contributed by atoms with Crippen molar-refractivity contribution in [2.45, 2.75) is 81.0 Å². The van der Waals surface area contributed by atoms with Crippen LogP contribution in [0.1, 0.15) is 46.5 Å². The molecule has 16 nitrogen and oxygen atoms in total. The summed E-state index contributed by atoms with van der Waals surface area (Å²) in [6.45, 7) is 11.6. The molecule has 0 bridgehead atoms. The molecule has 2 saturated carbocycles. The third-order valence-corrected chi connectivity index (χ3v) is 11.9. The number of likely N-dealkylation sites (tertiary alicyclic amines) is 1. The van der Waals surface area contributed by atoms with Crippen molar-refractivity contribution < 1.29 is 46.6 Å². The Bertz CT molecular complexity index is 2240. The van der Waals surface area contributed by atoms with Crippen molar-refractivity contribution in [3.8, 4) is 22.8 Å². The number of benzene rings is 2. The van der Waals surface area contributed by atoms with E-state index < -0.39 is 80.2 Å². The Kier molecular flexibility index (Phi) is 11.8. The lowest BCUT2D eigenvalue weighted by atomic mass is 10.1. The molecule has 1 aliphatic heterocycles. The largest absolute Gasteiger partial charge is 0.497 e. The van der Waals surface area contributed by atoms with Crippen LogP contribution in [0.25, 0.3) is 22.2 Å². The van der Waals surface area contributed by atoms with E-state index in [4.69, 9.17) is 19.2 Å². The number of rotatable bonds is 15. The molecule has 3 aliphatic rings. The number of alkyl carbamates (subject to hydrolysis) is 1. The van der Waals surface area contributed by atoms with Gasteiger partial charge >= 0.3 is 6.09 Å². The summed E-state index contributed by atoms with van der Waals surface area (Å²) in [7, 11) is -2.41. The third-order valence-electron chi connectivity index (χ3n) is 10.1. The number of carbonyl (C=O) groups excluding carboxylic acids is 5. The van der Waals surface area contributed by atoms with E-state index in [9.17, 15) is 32.4 Å². The van der Waals surface area contributed by atoms with Gasteiger partial charge in [-0.3, -0.25) is 23.9 Å². The van der Waals surface area contributed by atoms with Crippen LogP contribution in [-0.4, -0.2) is 103 Å². The van der Waals surface area contributed by atoms with Crippen LogP contribution in [0.15, 0.2) is 79.9 Å². The van der Waals surface area contributed by atoms with Crippen LogP contribution in [0.5, 0.6) is 11.5 Å². The second kappa shape index (κ2) is 16.5. The normalized spacial score (nSPS) is 21.9. The number of carbonyl (C=O) groups is 5. The summed E-state index contributed by atoms with van der Waals surface area (Å²) in [6.07, 6.45) is 1.55. The van der Waals surface area contributed by atoms with Crippen molar-refractivity contribution in [3.05, 3.63) is 79.9 Å². The fourth-order valence-corrected chi connectivity index (χ4v) is 8.22. The monoisotopic (exact) mass is 816 g/mol. The van der Waals surface area contributed by atoms with Crippen LogP contribution in [0, 0.1) is 5.92 Å². The quantitative estimate of drug-likeness (QED) is 0.129. The number of nitrogens with zero attached hydrogens (tertiary/aromatic N) is 2. The Labute approximate surface area is 336 Å². The topological polar surface area (TPSA) is 211 Å². The molecule has 58 heavy (non-hydrogen) atoms. The van der Waals surface area contributed by atoms with Crippen molar-refractivity contribution in [1.29, 1.82) is 0 Å². The van der Waals surface area contributed by atoms with Gasteiger partial charge < -0.3 is 35.1 Å². The number of fused-ring (bicyclic) bond motifs is 1. The second-order valence-corrected chi connectivity index (χ2v) is 17.5. The maximum absolute atomic E-state index is 14.5. The summed E-state index contributed by atoms with van der Waals surface area (Å²) in [6, 6.07) is 13.8. The highest BCUT2D eigenvalue weighted by molar-refractivity contribution is 7.91. The van der Waals surface area contributed by atoms with Crippen LogP contribution < -0.4 is 30.1 Å². The summed E-state index contributed by atoms with van der Waals surface area (Å²) in [5.41, 5.74) is -0.598. The van der Waals surface area contributed by atoms with E-state index in [2.05, 4.69) is 33.8 Å². The lowest BCUT2D eigenvalue weighted by Crippen LogP contribution is -2.59.